The van der Waals surface area contributed by atoms with Gasteiger partial charge in [-0.15, -0.1) is 0 Å². The van der Waals surface area contributed by atoms with E-state index in [0.29, 0.717) is 39.6 Å². The van der Waals surface area contributed by atoms with Gasteiger partial charge in [-0.05, 0) is 28.7 Å². The van der Waals surface area contributed by atoms with Gasteiger partial charge < -0.3 is 34.2 Å². The minimum Gasteiger partial charge on any atom is -0.379 e. The number of unbranched alkanes of at least 4 members (excludes halogenated alkanes) is 13. The first-order valence-corrected chi connectivity index (χ1v) is 23.3. The van der Waals surface area contributed by atoms with Crippen LogP contribution in [0.3, 0.4) is 0 Å². The molecule has 5 unspecified atom stereocenters. The maximum Gasteiger partial charge on any atom is 0.147 e. The van der Waals surface area contributed by atoms with E-state index in [2.05, 4.69) is 67.3 Å². The molecule has 4 aromatic rings. The zero-order chi connectivity index (χ0) is 42.4. The molecule has 0 amide bonds. The fraction of sp³-hybridized carbons (Fsp3) is 0.519. The van der Waals surface area contributed by atoms with Crippen LogP contribution in [0.1, 0.15) is 119 Å². The third kappa shape index (κ3) is 19.4. The smallest absolute Gasteiger partial charge is 0.147 e. The summed E-state index contributed by atoms with van der Waals surface area (Å²) in [6, 6.07) is 40.2. The van der Waals surface area contributed by atoms with Crippen LogP contribution in [-0.4, -0.2) is 56.4 Å². The van der Waals surface area contributed by atoms with Gasteiger partial charge in [0.05, 0.1) is 45.7 Å². The minimum absolute atomic E-state index is 0.275. The molecule has 4 aromatic carbocycles. The van der Waals surface area contributed by atoms with Gasteiger partial charge in [0.2, 0.25) is 0 Å². The molecule has 0 spiro atoms. The molecule has 7 heteroatoms. The van der Waals surface area contributed by atoms with Crippen LogP contribution in [0.25, 0.3) is 0 Å². The predicted molar refractivity (Wildman–Crippen MR) is 247 cm³/mol. The van der Waals surface area contributed by atoms with E-state index in [1.54, 1.807) is 0 Å². The first kappa shape index (κ1) is 48.2. The Morgan fingerprint density at radius 3 is 1.38 bits per heavy atom. The van der Waals surface area contributed by atoms with Crippen LogP contribution >= 0.6 is 0 Å². The van der Waals surface area contributed by atoms with Crippen LogP contribution < -0.4 is 5.73 Å². The Kier molecular flexibility index (Phi) is 23.9. The number of hydrogen-bond donors (Lipinski definition) is 1. The van der Waals surface area contributed by atoms with E-state index in [1.165, 1.54) is 83.5 Å². The van der Waals surface area contributed by atoms with Crippen molar-refractivity contribution in [2.24, 2.45) is 5.73 Å². The highest BCUT2D eigenvalue weighted by Crippen LogP contribution is 2.31. The van der Waals surface area contributed by atoms with Gasteiger partial charge in [0, 0.05) is 6.61 Å². The highest BCUT2D eigenvalue weighted by atomic mass is 16.6. The van der Waals surface area contributed by atoms with E-state index < -0.39 is 36.6 Å². The van der Waals surface area contributed by atoms with Crippen LogP contribution in [-0.2, 0) is 54.8 Å². The summed E-state index contributed by atoms with van der Waals surface area (Å²) in [4.78, 5) is 0. The molecule has 1 aliphatic rings. The Morgan fingerprint density at radius 2 is 0.902 bits per heavy atom. The maximum absolute atomic E-state index is 6.87. The first-order chi connectivity index (χ1) is 30.2. The second-order valence-corrected chi connectivity index (χ2v) is 16.4. The van der Waals surface area contributed by atoms with Crippen molar-refractivity contribution in [1.82, 2.24) is 0 Å². The molecule has 1 aliphatic heterocycles. The van der Waals surface area contributed by atoms with E-state index in [1.807, 2.05) is 72.8 Å². The van der Waals surface area contributed by atoms with Crippen LogP contribution in [0.15, 0.2) is 121 Å². The number of benzene rings is 4. The molecule has 2 N–H and O–H groups in total. The summed E-state index contributed by atoms with van der Waals surface area (Å²) in [5.41, 5.74) is 10.8. The molecule has 0 aromatic heterocycles. The molecule has 0 aliphatic carbocycles. The van der Waals surface area contributed by atoms with Gasteiger partial charge in [-0.3, -0.25) is 0 Å². The zero-order valence-electron chi connectivity index (χ0n) is 36.9. The Hall–Kier alpha value is -3.84. The van der Waals surface area contributed by atoms with E-state index >= 15 is 0 Å². The van der Waals surface area contributed by atoms with E-state index in [9.17, 15) is 0 Å². The lowest BCUT2D eigenvalue weighted by molar-refractivity contribution is -0.261. The SMILES string of the molecule is CCCCCCCCCCCCCCCCOC[C@@H](N)C#CC1OC(COCc2ccccc2)C(OCc2ccccc2)C(OCc2ccccc2)C1OCc1ccccc1. The van der Waals surface area contributed by atoms with Crippen molar-refractivity contribution in [2.75, 3.05) is 19.8 Å². The number of rotatable bonds is 30. The lowest BCUT2D eigenvalue weighted by Gasteiger charge is -2.45. The van der Waals surface area contributed by atoms with Gasteiger partial charge in [0.15, 0.2) is 0 Å². The normalized spacial score (nSPS) is 19.3. The van der Waals surface area contributed by atoms with Crippen molar-refractivity contribution >= 4 is 0 Å². The number of nitrogens with two attached hydrogens (primary N) is 1. The van der Waals surface area contributed by atoms with Crippen molar-refractivity contribution in [1.29, 1.82) is 0 Å². The Balaban J connectivity index is 1.21. The maximum atomic E-state index is 6.87. The van der Waals surface area contributed by atoms with E-state index in [4.69, 9.17) is 34.2 Å². The molecule has 0 bridgehead atoms. The van der Waals surface area contributed by atoms with Crippen molar-refractivity contribution in [2.45, 2.75) is 160 Å². The molecular weight excluding hydrogens is 759 g/mol. The molecular formula is C54H73NO6. The largest absolute Gasteiger partial charge is 0.379 e. The highest BCUT2D eigenvalue weighted by molar-refractivity contribution is 5.19. The highest BCUT2D eigenvalue weighted by Gasteiger charge is 2.48. The second-order valence-electron chi connectivity index (χ2n) is 16.4. The van der Waals surface area contributed by atoms with Gasteiger partial charge in [0.1, 0.15) is 30.5 Å². The monoisotopic (exact) mass is 832 g/mol. The Morgan fingerprint density at radius 1 is 0.492 bits per heavy atom. The summed E-state index contributed by atoms with van der Waals surface area (Å²) in [7, 11) is 0. The lowest BCUT2D eigenvalue weighted by Crippen LogP contribution is -2.61. The van der Waals surface area contributed by atoms with Crippen LogP contribution in [0.2, 0.25) is 0 Å². The van der Waals surface area contributed by atoms with E-state index in [0.717, 1.165) is 28.7 Å². The van der Waals surface area contributed by atoms with Crippen LogP contribution in [0.5, 0.6) is 0 Å². The predicted octanol–water partition coefficient (Wildman–Crippen LogP) is 11.6. The summed E-state index contributed by atoms with van der Waals surface area (Å²) in [6.45, 7) is 5.13. The minimum atomic E-state index is -0.664. The van der Waals surface area contributed by atoms with E-state index in [-0.39, 0.29) is 6.61 Å². The zero-order valence-corrected chi connectivity index (χ0v) is 36.9. The van der Waals surface area contributed by atoms with Crippen molar-refractivity contribution in [3.8, 4) is 11.8 Å². The quantitative estimate of drug-likeness (QED) is 0.0414. The standard InChI is InChI=1S/C54H73NO6/c1-2-3-4-5-6-7-8-9-10-11-12-13-14-27-38-56-43-49(55)36-37-50-52(58-40-46-30-21-16-22-31-46)54(60-42-48-34-25-18-26-35-48)53(59-41-47-32-23-17-24-33-47)51(61-50)44-57-39-45-28-19-15-20-29-45/h15-26,28-35,49-54H,2-14,27,38-44,55H2,1H3/t49-,50?,51?,52?,53?,54?/m0/s1. The number of hydrogen-bond acceptors (Lipinski definition) is 7. The average Bonchev–Trinajstić information content (AvgIpc) is 3.30. The summed E-state index contributed by atoms with van der Waals surface area (Å²) in [5.74, 6) is 6.64. The third-order valence-corrected chi connectivity index (χ3v) is 11.2. The lowest BCUT2D eigenvalue weighted by atomic mass is 9.94. The van der Waals surface area contributed by atoms with Gasteiger partial charge in [-0.2, -0.15) is 0 Å². The van der Waals surface area contributed by atoms with Crippen molar-refractivity contribution in [3.63, 3.8) is 0 Å². The molecule has 1 fully saturated rings. The summed E-state index contributed by atoms with van der Waals surface area (Å²) in [5, 5.41) is 0. The van der Waals surface area contributed by atoms with Crippen molar-refractivity contribution < 1.29 is 28.4 Å². The second kappa shape index (κ2) is 30.2. The molecule has 1 saturated heterocycles. The fourth-order valence-electron chi connectivity index (χ4n) is 7.75. The molecule has 5 rings (SSSR count). The Bertz CT molecular complexity index is 1720. The molecule has 6 atom stereocenters. The summed E-state index contributed by atoms with van der Waals surface area (Å²) in [6.07, 6.45) is 15.8. The topological polar surface area (TPSA) is 81.4 Å². The van der Waals surface area contributed by atoms with Crippen LogP contribution in [0, 0.1) is 11.8 Å². The van der Waals surface area contributed by atoms with Crippen LogP contribution in [0.4, 0.5) is 0 Å². The molecule has 7 nitrogen and oxygen atoms in total. The van der Waals surface area contributed by atoms with Gasteiger partial charge in [-0.25, -0.2) is 0 Å². The molecule has 0 saturated carbocycles. The summed E-state index contributed by atoms with van der Waals surface area (Å²) >= 11 is 0. The van der Waals surface area contributed by atoms with Gasteiger partial charge in [0.25, 0.3) is 0 Å². The fourth-order valence-corrected chi connectivity index (χ4v) is 7.75. The number of ether oxygens (including phenoxy) is 6. The molecule has 0 radical (unpaired) electrons. The first-order valence-electron chi connectivity index (χ1n) is 23.3. The molecule has 61 heavy (non-hydrogen) atoms. The summed E-state index contributed by atoms with van der Waals surface area (Å²) < 4.78 is 39.6. The third-order valence-electron chi connectivity index (χ3n) is 11.2. The Labute approximate surface area is 368 Å². The van der Waals surface area contributed by atoms with Gasteiger partial charge >= 0.3 is 0 Å². The molecule has 1 heterocycles. The molecule has 330 valence electrons. The van der Waals surface area contributed by atoms with Gasteiger partial charge in [-0.1, -0.05) is 224 Å². The average molecular weight is 832 g/mol. The van der Waals surface area contributed by atoms with Crippen molar-refractivity contribution in [3.05, 3.63) is 144 Å².